The zero-order chi connectivity index (χ0) is 29.4. The molecule has 0 saturated carbocycles. The molecule has 0 aliphatic carbocycles. The minimum Gasteiger partial charge on any atom is -0.444 e. The molecule has 1 rings (SSSR count). The zero-order valence-corrected chi connectivity index (χ0v) is 24.8. The molecular formula is C30H50N4O5. The summed E-state index contributed by atoms with van der Waals surface area (Å²) in [7, 11) is 0. The largest absolute Gasteiger partial charge is 0.444 e. The van der Waals surface area contributed by atoms with Gasteiger partial charge in [-0.25, -0.2) is 4.79 Å². The van der Waals surface area contributed by atoms with Gasteiger partial charge in [-0.1, -0.05) is 75.8 Å². The molecule has 2 atom stereocenters. The number of aryl methyl sites for hydroxylation is 1. The maximum atomic E-state index is 14.1. The van der Waals surface area contributed by atoms with Crippen molar-refractivity contribution in [1.82, 2.24) is 15.5 Å². The second-order valence-corrected chi connectivity index (χ2v) is 11.1. The first-order valence-corrected chi connectivity index (χ1v) is 14.3. The molecule has 2 unspecified atom stereocenters. The quantitative estimate of drug-likeness (QED) is 0.239. The fourth-order valence-corrected chi connectivity index (χ4v) is 4.27. The molecule has 4 N–H and O–H groups in total. The number of nitrogens with two attached hydrogens (primary N) is 1. The van der Waals surface area contributed by atoms with Crippen molar-refractivity contribution >= 4 is 23.8 Å². The lowest BCUT2D eigenvalue weighted by Crippen LogP contribution is -2.53. The fraction of sp³-hybridized carbons (Fsp3) is 0.667. The first kappa shape index (κ1) is 33.9. The number of alkyl carbamates (subject to hydrolysis) is 1. The number of ether oxygens (including phenoxy) is 1. The van der Waals surface area contributed by atoms with Crippen LogP contribution in [0.5, 0.6) is 0 Å². The number of nitrogens with one attached hydrogen (secondary N) is 2. The SMILES string of the molecule is CCCCCCN(C(=O)C(CCC(N)=O)NC(=O)OC(C)(C)C)C(C(=O)NCCCCC)c1cccc(C)c1. The molecule has 39 heavy (non-hydrogen) atoms. The smallest absolute Gasteiger partial charge is 0.408 e. The monoisotopic (exact) mass is 546 g/mol. The first-order valence-electron chi connectivity index (χ1n) is 14.3. The Balaban J connectivity index is 3.44. The van der Waals surface area contributed by atoms with Crippen molar-refractivity contribution in [1.29, 1.82) is 0 Å². The van der Waals surface area contributed by atoms with Crippen molar-refractivity contribution in [2.75, 3.05) is 13.1 Å². The average Bonchev–Trinajstić information content (AvgIpc) is 2.84. The van der Waals surface area contributed by atoms with E-state index in [2.05, 4.69) is 24.5 Å². The van der Waals surface area contributed by atoms with E-state index in [1.54, 1.807) is 25.7 Å². The van der Waals surface area contributed by atoms with Gasteiger partial charge < -0.3 is 26.0 Å². The van der Waals surface area contributed by atoms with Crippen LogP contribution in [0.1, 0.15) is 110 Å². The van der Waals surface area contributed by atoms with Crippen molar-refractivity contribution in [3.8, 4) is 0 Å². The van der Waals surface area contributed by atoms with Gasteiger partial charge in [-0.3, -0.25) is 14.4 Å². The van der Waals surface area contributed by atoms with Crippen LogP contribution in [0.4, 0.5) is 4.79 Å². The number of carbonyl (C=O) groups is 4. The number of amides is 4. The normalized spacial score (nSPS) is 12.8. The van der Waals surface area contributed by atoms with Crippen molar-refractivity contribution in [3.63, 3.8) is 0 Å². The Morgan fingerprint density at radius 3 is 2.26 bits per heavy atom. The highest BCUT2D eigenvalue weighted by Crippen LogP contribution is 2.25. The van der Waals surface area contributed by atoms with E-state index in [0.717, 1.165) is 44.1 Å². The molecule has 0 aliphatic heterocycles. The van der Waals surface area contributed by atoms with Gasteiger partial charge in [0.1, 0.15) is 17.7 Å². The van der Waals surface area contributed by atoms with E-state index in [9.17, 15) is 19.2 Å². The number of hydrogen-bond acceptors (Lipinski definition) is 5. The lowest BCUT2D eigenvalue weighted by molar-refractivity contribution is -0.142. The van der Waals surface area contributed by atoms with E-state index in [1.165, 1.54) is 0 Å². The average molecular weight is 547 g/mol. The third kappa shape index (κ3) is 13.5. The van der Waals surface area contributed by atoms with Gasteiger partial charge in [0.25, 0.3) is 0 Å². The highest BCUT2D eigenvalue weighted by molar-refractivity contribution is 5.92. The highest BCUT2D eigenvalue weighted by Gasteiger charge is 2.36. The maximum Gasteiger partial charge on any atom is 0.408 e. The molecule has 1 aromatic carbocycles. The highest BCUT2D eigenvalue weighted by atomic mass is 16.6. The van der Waals surface area contributed by atoms with Gasteiger partial charge in [-0.05, 0) is 52.5 Å². The summed E-state index contributed by atoms with van der Waals surface area (Å²) in [6.07, 6.45) is 5.59. The van der Waals surface area contributed by atoms with Crippen LogP contribution < -0.4 is 16.4 Å². The van der Waals surface area contributed by atoms with Crippen LogP contribution in [-0.2, 0) is 19.1 Å². The summed E-state index contributed by atoms with van der Waals surface area (Å²) in [6, 6.07) is 5.58. The minimum absolute atomic E-state index is 0.00245. The van der Waals surface area contributed by atoms with Crippen LogP contribution in [0.2, 0.25) is 0 Å². The summed E-state index contributed by atoms with van der Waals surface area (Å²) in [5.74, 6) is -1.31. The lowest BCUT2D eigenvalue weighted by atomic mass is 9.99. The van der Waals surface area contributed by atoms with Gasteiger partial charge in [0.05, 0.1) is 0 Å². The molecule has 0 heterocycles. The van der Waals surface area contributed by atoms with Gasteiger partial charge >= 0.3 is 6.09 Å². The lowest BCUT2D eigenvalue weighted by Gasteiger charge is -2.34. The number of unbranched alkanes of at least 4 members (excludes halogenated alkanes) is 5. The summed E-state index contributed by atoms with van der Waals surface area (Å²) >= 11 is 0. The van der Waals surface area contributed by atoms with Crippen LogP contribution in [0.25, 0.3) is 0 Å². The van der Waals surface area contributed by atoms with Crippen molar-refractivity contribution < 1.29 is 23.9 Å². The molecule has 9 heteroatoms. The maximum absolute atomic E-state index is 14.1. The number of nitrogens with zero attached hydrogens (tertiary/aromatic N) is 1. The van der Waals surface area contributed by atoms with E-state index in [-0.39, 0.29) is 18.7 Å². The number of primary amides is 1. The van der Waals surface area contributed by atoms with E-state index in [0.29, 0.717) is 25.1 Å². The standard InChI is InChI=1S/C30H50N4O5/c1-7-9-11-13-20-34(28(37)24(17-18-25(31)35)33-29(38)39-30(4,5)6)26(23-16-14-15-22(3)21-23)27(36)32-19-12-10-8-2/h14-16,21,24,26H,7-13,17-20H2,1-6H3,(H2,31,35)(H,32,36)(H,33,38). The Kier molecular flexibility index (Phi) is 15.2. The van der Waals surface area contributed by atoms with Crippen molar-refractivity contribution in [3.05, 3.63) is 35.4 Å². The molecular weight excluding hydrogens is 496 g/mol. The van der Waals surface area contributed by atoms with Crippen LogP contribution in [0.3, 0.4) is 0 Å². The van der Waals surface area contributed by atoms with Crippen molar-refractivity contribution in [2.24, 2.45) is 5.73 Å². The third-order valence-corrected chi connectivity index (χ3v) is 6.20. The molecule has 0 saturated heterocycles. The summed E-state index contributed by atoms with van der Waals surface area (Å²) < 4.78 is 5.39. The second kappa shape index (κ2) is 17.5. The summed E-state index contributed by atoms with van der Waals surface area (Å²) in [5, 5.41) is 5.65. The fourth-order valence-electron chi connectivity index (χ4n) is 4.27. The van der Waals surface area contributed by atoms with Crippen LogP contribution >= 0.6 is 0 Å². The van der Waals surface area contributed by atoms with E-state index in [4.69, 9.17) is 10.5 Å². The topological polar surface area (TPSA) is 131 Å². The molecule has 220 valence electrons. The molecule has 0 fully saturated rings. The van der Waals surface area contributed by atoms with Gasteiger partial charge in [-0.15, -0.1) is 0 Å². The molecule has 9 nitrogen and oxygen atoms in total. The van der Waals surface area contributed by atoms with E-state index in [1.807, 2.05) is 31.2 Å². The Morgan fingerprint density at radius 1 is 1.00 bits per heavy atom. The predicted octanol–water partition coefficient (Wildman–Crippen LogP) is 4.91. The van der Waals surface area contributed by atoms with E-state index >= 15 is 0 Å². The number of benzene rings is 1. The number of rotatable bonds is 17. The van der Waals surface area contributed by atoms with Gasteiger partial charge in [0, 0.05) is 19.5 Å². The number of carbonyl (C=O) groups excluding carboxylic acids is 4. The van der Waals surface area contributed by atoms with E-state index < -0.39 is 35.6 Å². The van der Waals surface area contributed by atoms with Crippen molar-refractivity contribution in [2.45, 2.75) is 117 Å². The molecule has 0 bridgehead atoms. The van der Waals surface area contributed by atoms with Gasteiger partial charge in [0.15, 0.2) is 0 Å². The number of hydrogen-bond donors (Lipinski definition) is 3. The molecule has 1 aromatic rings. The Labute approximate surface area is 234 Å². The van der Waals surface area contributed by atoms with Crippen LogP contribution in [0, 0.1) is 6.92 Å². The first-order chi connectivity index (χ1) is 18.4. The van der Waals surface area contributed by atoms with Crippen LogP contribution in [-0.4, -0.2) is 53.4 Å². The minimum atomic E-state index is -1.08. The Hall–Kier alpha value is -3.10. The third-order valence-electron chi connectivity index (χ3n) is 6.20. The summed E-state index contributed by atoms with van der Waals surface area (Å²) in [4.78, 5) is 53.6. The summed E-state index contributed by atoms with van der Waals surface area (Å²) in [5.41, 5.74) is 6.27. The Bertz CT molecular complexity index is 928. The second-order valence-electron chi connectivity index (χ2n) is 11.1. The summed E-state index contributed by atoms with van der Waals surface area (Å²) in [6.45, 7) is 12.1. The predicted molar refractivity (Wildman–Crippen MR) is 154 cm³/mol. The molecule has 0 radical (unpaired) electrons. The van der Waals surface area contributed by atoms with Gasteiger partial charge in [0.2, 0.25) is 17.7 Å². The van der Waals surface area contributed by atoms with Crippen LogP contribution in [0.15, 0.2) is 24.3 Å². The molecule has 4 amide bonds. The zero-order valence-electron chi connectivity index (χ0n) is 24.8. The Morgan fingerprint density at radius 2 is 1.67 bits per heavy atom. The van der Waals surface area contributed by atoms with Gasteiger partial charge in [-0.2, -0.15) is 0 Å². The molecule has 0 aromatic heterocycles. The molecule has 0 spiro atoms. The molecule has 0 aliphatic rings.